The Kier molecular flexibility index (Phi) is 5.12. The molecule has 134 valence electrons. The number of fused-ring (bicyclic) bond motifs is 1. The third-order valence-corrected chi connectivity index (χ3v) is 4.92. The molecule has 0 aliphatic heterocycles. The number of ether oxygens (including phenoxy) is 1. The van der Waals surface area contributed by atoms with Crippen LogP contribution in [0.2, 0.25) is 0 Å². The second-order valence-corrected chi connectivity index (χ2v) is 7.07. The van der Waals surface area contributed by atoms with Gasteiger partial charge in [0.05, 0.1) is 22.1 Å². The van der Waals surface area contributed by atoms with Crippen molar-refractivity contribution in [3.05, 3.63) is 89.4 Å². The monoisotopic (exact) mass is 374 g/mol. The molecule has 0 saturated carbocycles. The summed E-state index contributed by atoms with van der Waals surface area (Å²) in [6.07, 6.45) is 0.295. The van der Waals surface area contributed by atoms with Gasteiger partial charge < -0.3 is 10.1 Å². The van der Waals surface area contributed by atoms with E-state index in [0.717, 1.165) is 32.8 Å². The molecule has 5 heteroatoms. The molecule has 4 rings (SSSR count). The Morgan fingerprint density at radius 2 is 1.81 bits per heavy atom. The Morgan fingerprint density at radius 1 is 0.963 bits per heavy atom. The van der Waals surface area contributed by atoms with E-state index in [-0.39, 0.29) is 5.91 Å². The average molecular weight is 374 g/mol. The molecule has 0 aliphatic rings. The highest BCUT2D eigenvalue weighted by molar-refractivity contribution is 7.16. The number of hydrogen-bond donors (Lipinski definition) is 1. The van der Waals surface area contributed by atoms with Gasteiger partial charge in [0.2, 0.25) is 5.91 Å². The Morgan fingerprint density at radius 3 is 2.70 bits per heavy atom. The molecule has 0 radical (unpaired) electrons. The van der Waals surface area contributed by atoms with Crippen LogP contribution in [0.5, 0.6) is 5.75 Å². The van der Waals surface area contributed by atoms with E-state index in [1.54, 1.807) is 16.8 Å². The van der Waals surface area contributed by atoms with Gasteiger partial charge in [0.15, 0.2) is 0 Å². The largest absolute Gasteiger partial charge is 0.489 e. The lowest BCUT2D eigenvalue weighted by atomic mass is 10.1. The third kappa shape index (κ3) is 4.51. The molecule has 0 atom stereocenters. The highest BCUT2D eigenvalue weighted by Crippen LogP contribution is 2.22. The average Bonchev–Trinajstić information content (AvgIpc) is 3.15. The van der Waals surface area contributed by atoms with E-state index in [4.69, 9.17) is 4.74 Å². The molecule has 0 fully saturated rings. The summed E-state index contributed by atoms with van der Waals surface area (Å²) in [7, 11) is 0. The van der Waals surface area contributed by atoms with Crippen LogP contribution in [0.25, 0.3) is 10.2 Å². The van der Waals surface area contributed by atoms with Crippen molar-refractivity contribution in [1.29, 1.82) is 0 Å². The minimum Gasteiger partial charge on any atom is -0.489 e. The van der Waals surface area contributed by atoms with Crippen molar-refractivity contribution >= 4 is 33.1 Å². The number of benzene rings is 3. The zero-order chi connectivity index (χ0) is 18.5. The molecule has 0 unspecified atom stereocenters. The number of rotatable bonds is 6. The molecular weight excluding hydrogens is 356 g/mol. The second kappa shape index (κ2) is 8.01. The van der Waals surface area contributed by atoms with Crippen LogP contribution in [-0.4, -0.2) is 10.9 Å². The van der Waals surface area contributed by atoms with E-state index in [0.29, 0.717) is 13.0 Å². The van der Waals surface area contributed by atoms with Gasteiger partial charge in [-0.1, -0.05) is 42.5 Å². The van der Waals surface area contributed by atoms with Gasteiger partial charge in [0.25, 0.3) is 0 Å². The minimum absolute atomic E-state index is 0.0564. The zero-order valence-corrected chi connectivity index (χ0v) is 15.4. The Labute approximate surface area is 161 Å². The van der Waals surface area contributed by atoms with Gasteiger partial charge in [-0.3, -0.25) is 4.79 Å². The zero-order valence-electron chi connectivity index (χ0n) is 14.6. The van der Waals surface area contributed by atoms with Gasteiger partial charge in [-0.2, -0.15) is 0 Å². The van der Waals surface area contributed by atoms with Crippen LogP contribution in [0.1, 0.15) is 11.1 Å². The summed E-state index contributed by atoms with van der Waals surface area (Å²) < 4.78 is 6.89. The summed E-state index contributed by atoms with van der Waals surface area (Å²) in [6, 6.07) is 23.4. The van der Waals surface area contributed by atoms with Crippen molar-refractivity contribution in [1.82, 2.24) is 4.98 Å². The van der Waals surface area contributed by atoms with Crippen LogP contribution >= 0.6 is 11.3 Å². The highest BCUT2D eigenvalue weighted by Gasteiger charge is 2.07. The van der Waals surface area contributed by atoms with Crippen LogP contribution in [0.3, 0.4) is 0 Å². The summed E-state index contributed by atoms with van der Waals surface area (Å²) in [5.41, 5.74) is 5.56. The summed E-state index contributed by atoms with van der Waals surface area (Å²) in [5, 5.41) is 2.95. The van der Waals surface area contributed by atoms with Gasteiger partial charge in [0, 0.05) is 5.69 Å². The van der Waals surface area contributed by atoms with Crippen molar-refractivity contribution in [2.75, 3.05) is 5.32 Å². The summed E-state index contributed by atoms with van der Waals surface area (Å²) >= 11 is 1.56. The fourth-order valence-electron chi connectivity index (χ4n) is 2.81. The van der Waals surface area contributed by atoms with Gasteiger partial charge in [-0.05, 0) is 41.5 Å². The molecule has 0 saturated heterocycles. The number of carbonyl (C=O) groups excluding carboxylic acids is 1. The lowest BCUT2D eigenvalue weighted by Crippen LogP contribution is -2.14. The molecule has 1 aromatic heterocycles. The van der Waals surface area contributed by atoms with Gasteiger partial charge in [0.1, 0.15) is 12.4 Å². The van der Waals surface area contributed by atoms with Crippen LogP contribution in [0.4, 0.5) is 5.69 Å². The van der Waals surface area contributed by atoms with Crippen molar-refractivity contribution in [3.63, 3.8) is 0 Å². The van der Waals surface area contributed by atoms with Gasteiger partial charge in [-0.15, -0.1) is 11.3 Å². The summed E-state index contributed by atoms with van der Waals surface area (Å²) in [5.74, 6) is 0.703. The second-order valence-electron chi connectivity index (χ2n) is 6.18. The number of hydrogen-bond acceptors (Lipinski definition) is 4. The summed E-state index contributed by atoms with van der Waals surface area (Å²) in [4.78, 5) is 16.6. The fraction of sp³-hybridized carbons (Fsp3) is 0.0909. The maximum absolute atomic E-state index is 12.4. The molecule has 4 nitrogen and oxygen atoms in total. The van der Waals surface area contributed by atoms with Crippen molar-refractivity contribution in [3.8, 4) is 5.75 Å². The molecule has 0 bridgehead atoms. The van der Waals surface area contributed by atoms with Crippen molar-refractivity contribution in [2.24, 2.45) is 0 Å². The molecule has 3 aromatic carbocycles. The number of aromatic nitrogens is 1. The fourth-order valence-corrected chi connectivity index (χ4v) is 3.53. The number of thiazole rings is 1. The third-order valence-electron chi connectivity index (χ3n) is 4.13. The molecular formula is C22H18N2O2S. The normalized spacial score (nSPS) is 10.7. The molecule has 1 amide bonds. The van der Waals surface area contributed by atoms with E-state index < -0.39 is 0 Å². The number of nitrogens with zero attached hydrogens (tertiary/aromatic N) is 1. The predicted octanol–water partition coefficient (Wildman–Crippen LogP) is 5.06. The van der Waals surface area contributed by atoms with E-state index in [1.165, 1.54) is 0 Å². The van der Waals surface area contributed by atoms with Gasteiger partial charge in [-0.25, -0.2) is 4.98 Å². The summed E-state index contributed by atoms with van der Waals surface area (Å²) in [6.45, 7) is 0.505. The molecule has 27 heavy (non-hydrogen) atoms. The number of amides is 1. The first-order valence-corrected chi connectivity index (χ1v) is 9.53. The minimum atomic E-state index is -0.0564. The first-order valence-electron chi connectivity index (χ1n) is 8.65. The van der Waals surface area contributed by atoms with Crippen molar-refractivity contribution in [2.45, 2.75) is 13.0 Å². The van der Waals surface area contributed by atoms with Crippen LogP contribution in [0.15, 0.2) is 78.3 Å². The SMILES string of the molecule is O=C(Cc1cccc(OCc2ccccc2)c1)Nc1ccc2ncsc2c1. The molecule has 4 aromatic rings. The molecule has 1 N–H and O–H groups in total. The number of carbonyl (C=O) groups is 1. The van der Waals surface area contributed by atoms with E-state index >= 15 is 0 Å². The predicted molar refractivity (Wildman–Crippen MR) is 109 cm³/mol. The number of nitrogens with one attached hydrogen (secondary N) is 1. The van der Waals surface area contributed by atoms with Crippen LogP contribution < -0.4 is 10.1 Å². The van der Waals surface area contributed by atoms with E-state index in [9.17, 15) is 4.79 Å². The lowest BCUT2D eigenvalue weighted by Gasteiger charge is -2.09. The van der Waals surface area contributed by atoms with E-state index in [1.807, 2.05) is 72.8 Å². The maximum Gasteiger partial charge on any atom is 0.228 e. The molecule has 0 spiro atoms. The molecule has 1 heterocycles. The Balaban J connectivity index is 1.37. The van der Waals surface area contributed by atoms with Crippen LogP contribution in [-0.2, 0) is 17.8 Å². The topological polar surface area (TPSA) is 51.2 Å². The Bertz CT molecular complexity index is 1060. The first kappa shape index (κ1) is 17.2. The lowest BCUT2D eigenvalue weighted by molar-refractivity contribution is -0.115. The number of anilines is 1. The highest BCUT2D eigenvalue weighted by atomic mass is 32.1. The Hall–Kier alpha value is -3.18. The smallest absolute Gasteiger partial charge is 0.228 e. The first-order chi connectivity index (χ1) is 13.3. The molecule has 0 aliphatic carbocycles. The maximum atomic E-state index is 12.4. The van der Waals surface area contributed by atoms with Crippen LogP contribution in [0, 0.1) is 0 Å². The standard InChI is InChI=1S/C22H18N2O2S/c25-22(24-18-9-10-20-21(13-18)27-15-23-20)12-17-7-4-8-19(11-17)26-14-16-5-2-1-3-6-16/h1-11,13,15H,12,14H2,(H,24,25). The quantitative estimate of drug-likeness (QED) is 0.513. The van der Waals surface area contributed by atoms with Gasteiger partial charge >= 0.3 is 0 Å². The van der Waals surface area contributed by atoms with Crippen molar-refractivity contribution < 1.29 is 9.53 Å². The van der Waals surface area contributed by atoms with E-state index in [2.05, 4.69) is 10.3 Å².